The van der Waals surface area contributed by atoms with Gasteiger partial charge in [0.15, 0.2) is 11.5 Å². The molecular formula is C31H30ClN5O3. The van der Waals surface area contributed by atoms with Crippen molar-refractivity contribution in [1.29, 1.82) is 5.26 Å². The van der Waals surface area contributed by atoms with Crippen LogP contribution in [0.1, 0.15) is 36.7 Å². The van der Waals surface area contributed by atoms with E-state index in [9.17, 15) is 10.1 Å². The van der Waals surface area contributed by atoms with E-state index in [1.54, 1.807) is 29.8 Å². The average molecular weight is 556 g/mol. The summed E-state index contributed by atoms with van der Waals surface area (Å²) in [6.07, 6.45) is 0. The Kier molecular flexibility index (Phi) is 6.87. The van der Waals surface area contributed by atoms with Crippen LogP contribution in [0.15, 0.2) is 65.5 Å². The van der Waals surface area contributed by atoms with Crippen LogP contribution in [0, 0.1) is 11.3 Å². The molecule has 0 amide bonds. The molecule has 3 atom stereocenters. The van der Waals surface area contributed by atoms with Gasteiger partial charge in [-0.25, -0.2) is 4.98 Å². The van der Waals surface area contributed by atoms with Crippen LogP contribution in [0.5, 0.6) is 11.5 Å². The molecular weight excluding hydrogens is 526 g/mol. The van der Waals surface area contributed by atoms with Crippen molar-refractivity contribution in [3.8, 4) is 17.6 Å². The molecule has 4 aromatic rings. The first-order valence-corrected chi connectivity index (χ1v) is 13.8. The summed E-state index contributed by atoms with van der Waals surface area (Å²) in [4.78, 5) is 22.3. The van der Waals surface area contributed by atoms with Crippen LogP contribution in [0.4, 0.5) is 5.69 Å². The van der Waals surface area contributed by atoms with E-state index in [0.29, 0.717) is 48.1 Å². The standard InChI is InChI=1S/C31H30ClN5O3/c1-19-18-37(20(2)17-36(19)26-15-28(38)35(3)25-12-11-23(16-33)34-29(25)26)30(21-7-9-22(32)10-8-21)24-5-4-6-27-31(24)40-14-13-39-27/h4-12,15,19-20,30H,13-14,17-18H2,1-3H3/t19-,20+,30?/m0/s1. The van der Waals surface area contributed by atoms with Gasteiger partial charge in [0, 0.05) is 48.9 Å². The minimum atomic E-state index is -0.108. The quantitative estimate of drug-likeness (QED) is 0.353. The van der Waals surface area contributed by atoms with Gasteiger partial charge in [0.25, 0.3) is 5.56 Å². The van der Waals surface area contributed by atoms with Crippen LogP contribution in [0.2, 0.25) is 5.02 Å². The molecule has 0 N–H and O–H groups in total. The number of anilines is 1. The van der Waals surface area contributed by atoms with Gasteiger partial charge in [-0.15, -0.1) is 0 Å². The summed E-state index contributed by atoms with van der Waals surface area (Å²) >= 11 is 6.28. The molecule has 2 aliphatic heterocycles. The van der Waals surface area contributed by atoms with Gasteiger partial charge < -0.3 is 18.9 Å². The van der Waals surface area contributed by atoms with E-state index in [4.69, 9.17) is 21.1 Å². The fourth-order valence-electron chi connectivity index (χ4n) is 5.95. The SMILES string of the molecule is C[C@@H]1CN(c2cc(=O)n(C)c3ccc(C#N)nc23)[C@@H](C)CN1C(c1ccc(Cl)cc1)c1cccc2c1OCCO2. The Morgan fingerprint density at radius 2 is 1.80 bits per heavy atom. The van der Waals surface area contributed by atoms with Crippen molar-refractivity contribution in [2.45, 2.75) is 32.0 Å². The normalized spacial score (nSPS) is 19.8. The van der Waals surface area contributed by atoms with Crippen molar-refractivity contribution < 1.29 is 9.47 Å². The minimum Gasteiger partial charge on any atom is -0.486 e. The number of nitriles is 1. The Balaban J connectivity index is 1.42. The van der Waals surface area contributed by atoms with Crippen molar-refractivity contribution in [3.05, 3.63) is 92.9 Å². The highest BCUT2D eigenvalue weighted by Gasteiger charge is 2.37. The van der Waals surface area contributed by atoms with Crippen molar-refractivity contribution in [2.75, 3.05) is 31.2 Å². The summed E-state index contributed by atoms with van der Waals surface area (Å²) in [5, 5.41) is 10.2. The van der Waals surface area contributed by atoms with E-state index in [2.05, 4.69) is 52.9 Å². The summed E-state index contributed by atoms with van der Waals surface area (Å²) in [5.74, 6) is 1.54. The number of ether oxygens (including phenoxy) is 2. The molecule has 0 saturated carbocycles. The third-order valence-corrected chi connectivity index (χ3v) is 8.19. The maximum Gasteiger partial charge on any atom is 0.252 e. The fourth-order valence-corrected chi connectivity index (χ4v) is 6.07. The maximum absolute atomic E-state index is 12.9. The number of piperazine rings is 1. The van der Waals surface area contributed by atoms with Crippen LogP contribution in [-0.4, -0.2) is 52.8 Å². The van der Waals surface area contributed by atoms with Crippen LogP contribution in [0.3, 0.4) is 0 Å². The Hall–Kier alpha value is -4.06. The summed E-state index contributed by atoms with van der Waals surface area (Å²) in [7, 11) is 1.73. The van der Waals surface area contributed by atoms with Crippen molar-refractivity contribution in [2.24, 2.45) is 7.05 Å². The molecule has 0 bridgehead atoms. The molecule has 8 nitrogen and oxygen atoms in total. The lowest BCUT2D eigenvalue weighted by molar-refractivity contribution is 0.122. The molecule has 0 radical (unpaired) electrons. The topological polar surface area (TPSA) is 83.6 Å². The largest absolute Gasteiger partial charge is 0.486 e. The maximum atomic E-state index is 12.9. The second-order valence-corrected chi connectivity index (χ2v) is 10.9. The number of aryl methyl sites for hydroxylation is 1. The Morgan fingerprint density at radius 3 is 2.58 bits per heavy atom. The van der Waals surface area contributed by atoms with E-state index in [1.807, 2.05) is 24.3 Å². The van der Waals surface area contributed by atoms with Crippen LogP contribution in [0.25, 0.3) is 11.0 Å². The second kappa shape index (κ2) is 10.5. The molecule has 2 aromatic heterocycles. The summed E-state index contributed by atoms with van der Waals surface area (Å²) in [6.45, 7) is 6.78. The van der Waals surface area contributed by atoms with E-state index >= 15 is 0 Å². The molecule has 6 rings (SSSR count). The molecule has 0 spiro atoms. The van der Waals surface area contributed by atoms with Gasteiger partial charge in [0.2, 0.25) is 0 Å². The Morgan fingerprint density at radius 1 is 1.02 bits per heavy atom. The van der Waals surface area contributed by atoms with E-state index in [-0.39, 0.29) is 23.7 Å². The highest BCUT2D eigenvalue weighted by atomic mass is 35.5. The van der Waals surface area contributed by atoms with E-state index in [0.717, 1.165) is 28.3 Å². The van der Waals surface area contributed by atoms with Gasteiger partial charge in [-0.3, -0.25) is 9.69 Å². The number of rotatable bonds is 4. The lowest BCUT2D eigenvalue weighted by Gasteiger charge is -2.48. The first-order chi connectivity index (χ1) is 19.4. The fraction of sp³-hybridized carbons (Fsp3) is 0.323. The van der Waals surface area contributed by atoms with E-state index < -0.39 is 0 Å². The van der Waals surface area contributed by atoms with Gasteiger partial charge in [-0.05, 0) is 49.7 Å². The molecule has 40 heavy (non-hydrogen) atoms. The molecule has 1 saturated heterocycles. The predicted octanol–water partition coefficient (Wildman–Crippen LogP) is 4.92. The molecule has 2 aliphatic rings. The highest BCUT2D eigenvalue weighted by molar-refractivity contribution is 6.30. The first-order valence-electron chi connectivity index (χ1n) is 13.4. The Bertz CT molecular complexity index is 1680. The smallest absolute Gasteiger partial charge is 0.252 e. The molecule has 0 aliphatic carbocycles. The summed E-state index contributed by atoms with van der Waals surface area (Å²) in [6, 6.07) is 21.3. The van der Waals surface area contributed by atoms with Crippen molar-refractivity contribution >= 4 is 28.3 Å². The summed E-state index contributed by atoms with van der Waals surface area (Å²) < 4.78 is 13.7. The van der Waals surface area contributed by atoms with Gasteiger partial charge in [-0.2, -0.15) is 5.26 Å². The number of para-hydroxylation sites is 1. The predicted molar refractivity (Wildman–Crippen MR) is 155 cm³/mol. The molecule has 204 valence electrons. The highest BCUT2D eigenvalue weighted by Crippen LogP contribution is 2.43. The molecule has 1 unspecified atom stereocenters. The van der Waals surface area contributed by atoms with Crippen molar-refractivity contribution in [3.63, 3.8) is 0 Å². The number of benzene rings is 2. The molecule has 4 heterocycles. The monoisotopic (exact) mass is 555 g/mol. The number of halogens is 1. The number of hydrogen-bond donors (Lipinski definition) is 0. The number of pyridine rings is 2. The Labute approximate surface area is 237 Å². The third-order valence-electron chi connectivity index (χ3n) is 7.94. The zero-order valence-corrected chi connectivity index (χ0v) is 23.4. The number of fused-ring (bicyclic) bond motifs is 2. The number of nitrogens with zero attached hydrogens (tertiary/aromatic N) is 5. The lowest BCUT2D eigenvalue weighted by Crippen LogP contribution is -2.57. The number of hydrogen-bond acceptors (Lipinski definition) is 7. The van der Waals surface area contributed by atoms with Gasteiger partial charge in [0.1, 0.15) is 30.5 Å². The zero-order chi connectivity index (χ0) is 28.0. The third kappa shape index (κ3) is 4.55. The van der Waals surface area contributed by atoms with Gasteiger partial charge in [0.05, 0.1) is 17.2 Å². The second-order valence-electron chi connectivity index (χ2n) is 10.5. The van der Waals surface area contributed by atoms with Gasteiger partial charge in [-0.1, -0.05) is 35.9 Å². The first kappa shape index (κ1) is 26.2. The molecule has 2 aromatic carbocycles. The van der Waals surface area contributed by atoms with Crippen LogP contribution >= 0.6 is 11.6 Å². The van der Waals surface area contributed by atoms with Crippen molar-refractivity contribution in [1.82, 2.24) is 14.5 Å². The lowest BCUT2D eigenvalue weighted by atomic mass is 9.92. The molecule has 1 fully saturated rings. The molecule has 9 heteroatoms. The summed E-state index contributed by atoms with van der Waals surface area (Å²) in [5.41, 5.74) is 4.49. The van der Waals surface area contributed by atoms with Crippen LogP contribution in [-0.2, 0) is 7.05 Å². The van der Waals surface area contributed by atoms with E-state index in [1.165, 1.54) is 0 Å². The zero-order valence-electron chi connectivity index (χ0n) is 22.7. The number of aromatic nitrogens is 2. The van der Waals surface area contributed by atoms with Gasteiger partial charge >= 0.3 is 0 Å². The van der Waals surface area contributed by atoms with Crippen LogP contribution < -0.4 is 19.9 Å². The minimum absolute atomic E-state index is 0.0468. The average Bonchev–Trinajstić information content (AvgIpc) is 2.97.